The van der Waals surface area contributed by atoms with E-state index in [0.29, 0.717) is 49.7 Å². The molecule has 1 atom stereocenters. The third-order valence-corrected chi connectivity index (χ3v) is 14.4. The van der Waals surface area contributed by atoms with Crippen LogP contribution in [0.2, 0.25) is 23.2 Å². The number of rotatable bonds is 10. The first-order valence-electron chi connectivity index (χ1n) is 16.4. The van der Waals surface area contributed by atoms with Crippen LogP contribution in [0.5, 0.6) is 5.75 Å². The van der Waals surface area contributed by atoms with Crippen LogP contribution in [0.3, 0.4) is 0 Å². The Morgan fingerprint density at radius 2 is 1.69 bits per heavy atom. The van der Waals surface area contributed by atoms with E-state index in [-0.39, 0.29) is 51.7 Å². The van der Waals surface area contributed by atoms with Crippen LogP contribution in [-0.4, -0.2) is 65.5 Å². The number of morpholine rings is 1. The minimum absolute atomic E-state index is 0.0323. The SMILES string of the molecule is CCOC(=O)c1cn([C@H](CO[Si](C)(C)C(C)(C)C)C(C)(C)C)c2cc(OC)c(Cc3cc(N4CCOCC4)c(F)c(Cl)c3F)cc2c1=O. The van der Waals surface area contributed by atoms with E-state index in [1.165, 1.54) is 13.2 Å². The fourth-order valence-electron chi connectivity index (χ4n) is 5.62. The second-order valence-electron chi connectivity index (χ2n) is 14.9. The molecule has 0 N–H and O–H groups in total. The maximum absolute atomic E-state index is 15.6. The maximum Gasteiger partial charge on any atom is 0.343 e. The van der Waals surface area contributed by atoms with Gasteiger partial charge in [-0.2, -0.15) is 0 Å². The predicted octanol–water partition coefficient (Wildman–Crippen LogP) is 8.15. The molecule has 0 unspecified atom stereocenters. The van der Waals surface area contributed by atoms with Crippen molar-refractivity contribution in [1.29, 1.82) is 0 Å². The van der Waals surface area contributed by atoms with E-state index in [0.717, 1.165) is 0 Å². The number of ether oxygens (including phenoxy) is 3. The molecule has 0 aliphatic carbocycles. The molecule has 2 heterocycles. The highest BCUT2D eigenvalue weighted by Gasteiger charge is 2.39. The number of carbonyl (C=O) groups excluding carboxylic acids is 1. The number of hydrogen-bond donors (Lipinski definition) is 0. The van der Waals surface area contributed by atoms with Gasteiger partial charge in [0.15, 0.2) is 14.1 Å². The average molecular weight is 707 g/mol. The van der Waals surface area contributed by atoms with Gasteiger partial charge < -0.3 is 28.1 Å². The molecule has 2 aromatic carbocycles. The van der Waals surface area contributed by atoms with E-state index in [1.807, 2.05) is 4.57 Å². The molecular formula is C36H49ClF2N2O6Si. The predicted molar refractivity (Wildman–Crippen MR) is 190 cm³/mol. The minimum Gasteiger partial charge on any atom is -0.496 e. The number of pyridine rings is 1. The van der Waals surface area contributed by atoms with Crippen molar-refractivity contribution in [3.05, 3.63) is 68.0 Å². The third-order valence-electron chi connectivity index (χ3n) is 9.61. The summed E-state index contributed by atoms with van der Waals surface area (Å²) >= 11 is 6.19. The lowest BCUT2D eigenvalue weighted by molar-refractivity contribution is 0.0522. The van der Waals surface area contributed by atoms with Gasteiger partial charge in [-0.25, -0.2) is 13.6 Å². The maximum atomic E-state index is 15.6. The Balaban J connectivity index is 1.94. The number of halogens is 3. The molecule has 0 spiro atoms. The Hall–Kier alpha value is -2.99. The first-order chi connectivity index (χ1) is 22.3. The highest BCUT2D eigenvalue weighted by molar-refractivity contribution is 6.74. The van der Waals surface area contributed by atoms with Gasteiger partial charge in [-0.05, 0) is 53.7 Å². The molecule has 1 fully saturated rings. The lowest BCUT2D eigenvalue weighted by Gasteiger charge is -2.40. The molecule has 0 radical (unpaired) electrons. The molecule has 0 amide bonds. The zero-order valence-electron chi connectivity index (χ0n) is 29.8. The van der Waals surface area contributed by atoms with E-state index in [2.05, 4.69) is 54.6 Å². The van der Waals surface area contributed by atoms with Gasteiger partial charge in [-0.15, -0.1) is 0 Å². The molecule has 12 heteroatoms. The molecule has 1 aliphatic heterocycles. The normalized spacial score (nSPS) is 15.1. The van der Waals surface area contributed by atoms with Gasteiger partial charge in [0.1, 0.15) is 22.2 Å². The zero-order chi connectivity index (χ0) is 35.8. The van der Waals surface area contributed by atoms with Crippen LogP contribution in [0.15, 0.2) is 29.2 Å². The van der Waals surface area contributed by atoms with Crippen LogP contribution in [0, 0.1) is 17.0 Å². The van der Waals surface area contributed by atoms with Crippen LogP contribution in [0.4, 0.5) is 14.5 Å². The second kappa shape index (κ2) is 14.5. The zero-order valence-corrected chi connectivity index (χ0v) is 31.6. The Labute approximate surface area is 288 Å². The first kappa shape index (κ1) is 37.8. The number of aromatic nitrogens is 1. The molecule has 3 aromatic rings. The molecule has 1 aromatic heterocycles. The number of fused-ring (bicyclic) bond motifs is 1. The van der Waals surface area contributed by atoms with Gasteiger partial charge in [0.05, 0.1) is 50.8 Å². The Morgan fingerprint density at radius 1 is 1.04 bits per heavy atom. The third kappa shape index (κ3) is 7.74. The molecule has 264 valence electrons. The highest BCUT2D eigenvalue weighted by Crippen LogP contribution is 2.41. The van der Waals surface area contributed by atoms with Crippen molar-refractivity contribution in [1.82, 2.24) is 4.57 Å². The Morgan fingerprint density at radius 3 is 2.25 bits per heavy atom. The number of benzene rings is 2. The summed E-state index contributed by atoms with van der Waals surface area (Å²) in [5, 5.41) is -0.398. The van der Waals surface area contributed by atoms with Gasteiger partial charge in [-0.1, -0.05) is 53.1 Å². The number of methoxy groups -OCH3 is 1. The summed E-state index contributed by atoms with van der Waals surface area (Å²) in [4.78, 5) is 29.0. The fourth-order valence-corrected chi connectivity index (χ4v) is 6.85. The van der Waals surface area contributed by atoms with Crippen molar-refractivity contribution in [3.63, 3.8) is 0 Å². The average Bonchev–Trinajstić information content (AvgIpc) is 3.01. The van der Waals surface area contributed by atoms with Crippen LogP contribution in [0.1, 0.15) is 76.0 Å². The van der Waals surface area contributed by atoms with Crippen molar-refractivity contribution in [2.45, 2.75) is 79.1 Å². The number of hydrogen-bond acceptors (Lipinski definition) is 7. The summed E-state index contributed by atoms with van der Waals surface area (Å²) in [7, 11) is -0.687. The van der Waals surface area contributed by atoms with Crippen molar-refractivity contribution < 1.29 is 32.2 Å². The first-order valence-corrected chi connectivity index (χ1v) is 19.7. The summed E-state index contributed by atoms with van der Waals surface area (Å²) in [6, 6.07) is 4.50. The molecule has 4 rings (SSSR count). The van der Waals surface area contributed by atoms with Gasteiger partial charge in [-0.3, -0.25) is 4.79 Å². The standard InChI is InChI=1S/C36H49ClF2N2O6Si/c1-11-46-34(43)25-20-41(29(35(2,3)4)21-47-48(9,10)36(5,6)7)26-19-28(44-8)22(17-24(26)33(25)42)16-23-18-27(32(39)30(37)31(23)38)40-12-14-45-15-13-40/h17-20,29H,11-16,21H2,1-10H3/t29-/m1/s1. The smallest absolute Gasteiger partial charge is 0.343 e. The van der Waals surface area contributed by atoms with Crippen molar-refractivity contribution >= 4 is 42.5 Å². The monoisotopic (exact) mass is 706 g/mol. The van der Waals surface area contributed by atoms with E-state index >= 15 is 8.78 Å². The summed E-state index contributed by atoms with van der Waals surface area (Å²) in [6.07, 6.45) is 1.50. The number of carbonyl (C=O) groups is 1. The van der Waals surface area contributed by atoms with Crippen LogP contribution in [-0.2, 0) is 20.3 Å². The summed E-state index contributed by atoms with van der Waals surface area (Å²) in [5.74, 6) is -2.06. The number of anilines is 1. The number of esters is 1. The van der Waals surface area contributed by atoms with Gasteiger partial charge >= 0.3 is 5.97 Å². The Bertz CT molecular complexity index is 1730. The van der Waals surface area contributed by atoms with Gasteiger partial charge in [0, 0.05) is 37.2 Å². The summed E-state index contributed by atoms with van der Waals surface area (Å²) < 4.78 is 55.9. The van der Waals surface area contributed by atoms with Crippen molar-refractivity contribution in [2.75, 3.05) is 51.5 Å². The summed E-state index contributed by atoms with van der Waals surface area (Å²) in [6.45, 7) is 20.9. The molecule has 48 heavy (non-hydrogen) atoms. The minimum atomic E-state index is -2.18. The lowest BCUT2D eigenvalue weighted by Crippen LogP contribution is -2.43. The van der Waals surface area contributed by atoms with E-state index in [4.69, 9.17) is 30.2 Å². The molecule has 1 saturated heterocycles. The van der Waals surface area contributed by atoms with Crippen molar-refractivity contribution in [2.24, 2.45) is 5.41 Å². The lowest BCUT2D eigenvalue weighted by atomic mass is 9.86. The second-order valence-corrected chi connectivity index (χ2v) is 20.1. The molecule has 8 nitrogen and oxygen atoms in total. The topological polar surface area (TPSA) is 79.2 Å². The number of nitrogens with zero attached hydrogens (tertiary/aromatic N) is 2. The van der Waals surface area contributed by atoms with Crippen molar-refractivity contribution in [3.8, 4) is 5.75 Å². The Kier molecular flexibility index (Phi) is 11.4. The highest BCUT2D eigenvalue weighted by atomic mass is 35.5. The molecule has 0 bridgehead atoms. The van der Waals surface area contributed by atoms with E-state index < -0.39 is 36.4 Å². The summed E-state index contributed by atoms with van der Waals surface area (Å²) in [5.41, 5.74) is 0.305. The van der Waals surface area contributed by atoms with Crippen LogP contribution in [0.25, 0.3) is 10.9 Å². The van der Waals surface area contributed by atoms with Gasteiger partial charge in [0.25, 0.3) is 0 Å². The molecular weight excluding hydrogens is 658 g/mol. The van der Waals surface area contributed by atoms with E-state index in [9.17, 15) is 9.59 Å². The molecule has 1 aliphatic rings. The quantitative estimate of drug-likeness (QED) is 0.120. The van der Waals surface area contributed by atoms with Gasteiger partial charge in [0.2, 0.25) is 5.43 Å². The largest absolute Gasteiger partial charge is 0.496 e. The molecule has 0 saturated carbocycles. The van der Waals surface area contributed by atoms with Crippen LogP contribution < -0.4 is 15.1 Å². The van der Waals surface area contributed by atoms with E-state index in [1.54, 1.807) is 30.2 Å². The van der Waals surface area contributed by atoms with Crippen LogP contribution >= 0.6 is 11.6 Å². The fraction of sp³-hybridized carbons (Fsp3) is 0.556.